The van der Waals surface area contributed by atoms with Gasteiger partial charge in [-0.1, -0.05) is 57.8 Å². The van der Waals surface area contributed by atoms with Gasteiger partial charge in [0.15, 0.2) is 0 Å². The molecule has 0 radical (unpaired) electrons. The van der Waals surface area contributed by atoms with Crippen molar-refractivity contribution in [2.24, 2.45) is 11.8 Å². The van der Waals surface area contributed by atoms with Gasteiger partial charge in [0.1, 0.15) is 0 Å². The molecule has 4 nitrogen and oxygen atoms in total. The number of carbonyl (C=O) groups is 2. The maximum absolute atomic E-state index is 11.3. The molecule has 1 fully saturated rings. The summed E-state index contributed by atoms with van der Waals surface area (Å²) in [5.74, 6) is -2.25. The normalized spacial score (nSPS) is 27.2. The Bertz CT molecular complexity index is 284. The van der Waals surface area contributed by atoms with Crippen LogP contribution in [-0.2, 0) is 9.59 Å². The SMILES string of the molecule is O=C(O)C1CCCCCCCCCCCC(C(=O)O)CC1. The fourth-order valence-corrected chi connectivity index (χ4v) is 3.20. The van der Waals surface area contributed by atoms with Crippen molar-refractivity contribution in [3.8, 4) is 0 Å². The Hall–Kier alpha value is -1.06. The molecule has 122 valence electrons. The van der Waals surface area contributed by atoms with Crippen LogP contribution in [0.3, 0.4) is 0 Å². The van der Waals surface area contributed by atoms with Crippen LogP contribution in [0.1, 0.15) is 83.5 Å². The van der Waals surface area contributed by atoms with Crippen LogP contribution in [0.25, 0.3) is 0 Å². The van der Waals surface area contributed by atoms with Crippen molar-refractivity contribution in [2.75, 3.05) is 0 Å². The summed E-state index contributed by atoms with van der Waals surface area (Å²) >= 11 is 0. The molecule has 2 atom stereocenters. The van der Waals surface area contributed by atoms with Crippen LogP contribution in [0, 0.1) is 11.8 Å². The molecule has 1 rings (SSSR count). The van der Waals surface area contributed by atoms with Gasteiger partial charge in [0.25, 0.3) is 0 Å². The minimum Gasteiger partial charge on any atom is -0.481 e. The molecule has 0 aromatic rings. The van der Waals surface area contributed by atoms with Crippen LogP contribution in [0.15, 0.2) is 0 Å². The van der Waals surface area contributed by atoms with Gasteiger partial charge < -0.3 is 10.2 Å². The van der Waals surface area contributed by atoms with Crippen LogP contribution in [-0.4, -0.2) is 22.2 Å². The molecule has 0 amide bonds. The van der Waals surface area contributed by atoms with E-state index in [0.29, 0.717) is 25.7 Å². The second-order valence-electron chi connectivity index (χ2n) is 6.41. The van der Waals surface area contributed by atoms with E-state index >= 15 is 0 Å². The van der Waals surface area contributed by atoms with Crippen LogP contribution in [0.5, 0.6) is 0 Å². The first-order valence-electron chi connectivity index (χ1n) is 8.57. The molecule has 0 aromatic carbocycles. The minimum absolute atomic E-state index is 0.364. The maximum Gasteiger partial charge on any atom is 0.306 e. The van der Waals surface area contributed by atoms with Gasteiger partial charge in [-0.3, -0.25) is 9.59 Å². The molecule has 1 aliphatic rings. The third-order valence-corrected chi connectivity index (χ3v) is 4.67. The summed E-state index contributed by atoms with van der Waals surface area (Å²) in [7, 11) is 0. The Morgan fingerprint density at radius 2 is 0.810 bits per heavy atom. The predicted molar refractivity (Wildman–Crippen MR) is 82.3 cm³/mol. The van der Waals surface area contributed by atoms with Crippen molar-refractivity contribution in [3.05, 3.63) is 0 Å². The summed E-state index contributed by atoms with van der Waals surface area (Å²) in [6.45, 7) is 0. The van der Waals surface area contributed by atoms with E-state index in [9.17, 15) is 19.8 Å². The molecule has 0 aliphatic heterocycles. The molecule has 2 unspecified atom stereocenters. The summed E-state index contributed by atoms with van der Waals surface area (Å²) in [6.07, 6.45) is 12.7. The molecular formula is C17H30O4. The van der Waals surface area contributed by atoms with Crippen LogP contribution >= 0.6 is 0 Å². The molecule has 0 saturated heterocycles. The van der Waals surface area contributed by atoms with Crippen molar-refractivity contribution in [3.63, 3.8) is 0 Å². The zero-order chi connectivity index (χ0) is 15.5. The van der Waals surface area contributed by atoms with E-state index in [0.717, 1.165) is 25.7 Å². The van der Waals surface area contributed by atoms with Crippen molar-refractivity contribution >= 4 is 11.9 Å². The van der Waals surface area contributed by atoms with E-state index in [-0.39, 0.29) is 11.8 Å². The monoisotopic (exact) mass is 298 g/mol. The number of hydrogen-bond acceptors (Lipinski definition) is 2. The van der Waals surface area contributed by atoms with E-state index in [1.54, 1.807) is 0 Å². The van der Waals surface area contributed by atoms with Crippen molar-refractivity contribution < 1.29 is 19.8 Å². The van der Waals surface area contributed by atoms with E-state index in [1.165, 1.54) is 32.1 Å². The van der Waals surface area contributed by atoms with Gasteiger partial charge in [-0.25, -0.2) is 0 Å². The Kier molecular flexibility index (Phi) is 9.11. The van der Waals surface area contributed by atoms with Crippen LogP contribution in [0.4, 0.5) is 0 Å². The molecule has 4 heteroatoms. The Morgan fingerprint density at radius 3 is 1.10 bits per heavy atom. The Labute approximate surface area is 127 Å². The highest BCUT2D eigenvalue weighted by Gasteiger charge is 2.22. The molecule has 21 heavy (non-hydrogen) atoms. The number of carboxylic acid groups (broad SMARTS) is 2. The van der Waals surface area contributed by atoms with Crippen molar-refractivity contribution in [1.82, 2.24) is 0 Å². The van der Waals surface area contributed by atoms with Crippen LogP contribution in [0.2, 0.25) is 0 Å². The minimum atomic E-state index is -0.761. The molecule has 2 N–H and O–H groups in total. The van der Waals surface area contributed by atoms with Crippen molar-refractivity contribution in [2.45, 2.75) is 83.5 Å². The molecule has 0 spiro atoms. The average molecular weight is 298 g/mol. The second kappa shape index (κ2) is 10.6. The lowest BCUT2D eigenvalue weighted by atomic mass is 9.89. The van der Waals surface area contributed by atoms with Gasteiger partial charge in [0, 0.05) is 0 Å². The summed E-state index contributed by atoms with van der Waals surface area (Å²) in [4.78, 5) is 22.6. The van der Waals surface area contributed by atoms with E-state index in [2.05, 4.69) is 0 Å². The quantitative estimate of drug-likeness (QED) is 0.788. The molecule has 1 aliphatic carbocycles. The summed E-state index contributed by atoms with van der Waals surface area (Å²) < 4.78 is 0. The smallest absolute Gasteiger partial charge is 0.306 e. The molecule has 0 bridgehead atoms. The first-order valence-corrected chi connectivity index (χ1v) is 8.57. The lowest BCUT2D eigenvalue weighted by Crippen LogP contribution is -2.19. The lowest BCUT2D eigenvalue weighted by Gasteiger charge is -2.16. The summed E-state index contributed by atoms with van der Waals surface area (Å²) in [6, 6.07) is 0. The molecule has 0 aromatic heterocycles. The predicted octanol–water partition coefficient (Wildman–Crippen LogP) is 4.47. The number of hydrogen-bond donors (Lipinski definition) is 2. The van der Waals surface area contributed by atoms with Gasteiger partial charge in [-0.2, -0.15) is 0 Å². The standard InChI is InChI=1S/C17H30O4/c18-16(19)14-10-8-6-4-2-1-3-5-7-9-11-15(13-12-14)17(20)21/h14-15H,1-13H2,(H,18,19)(H,20,21). The zero-order valence-electron chi connectivity index (χ0n) is 13.1. The second-order valence-corrected chi connectivity index (χ2v) is 6.41. The highest BCUT2D eigenvalue weighted by atomic mass is 16.4. The van der Waals surface area contributed by atoms with Gasteiger partial charge >= 0.3 is 11.9 Å². The fourth-order valence-electron chi connectivity index (χ4n) is 3.20. The number of aliphatic carboxylic acids is 2. The average Bonchev–Trinajstić information content (AvgIpc) is 2.44. The Balaban J connectivity index is 2.53. The van der Waals surface area contributed by atoms with Gasteiger partial charge in [-0.05, 0) is 25.7 Å². The van der Waals surface area contributed by atoms with Gasteiger partial charge in [0.2, 0.25) is 0 Å². The summed E-state index contributed by atoms with van der Waals surface area (Å²) in [5, 5.41) is 18.5. The fraction of sp³-hybridized carbons (Fsp3) is 0.882. The molecule has 0 heterocycles. The highest BCUT2D eigenvalue weighted by Crippen LogP contribution is 2.24. The topological polar surface area (TPSA) is 74.6 Å². The van der Waals surface area contributed by atoms with E-state index < -0.39 is 11.9 Å². The van der Waals surface area contributed by atoms with Gasteiger partial charge in [0.05, 0.1) is 11.8 Å². The third kappa shape index (κ3) is 8.08. The van der Waals surface area contributed by atoms with E-state index in [1.807, 2.05) is 0 Å². The third-order valence-electron chi connectivity index (χ3n) is 4.67. The van der Waals surface area contributed by atoms with E-state index in [4.69, 9.17) is 0 Å². The highest BCUT2D eigenvalue weighted by molar-refractivity contribution is 5.71. The van der Waals surface area contributed by atoms with Crippen molar-refractivity contribution in [1.29, 1.82) is 0 Å². The first kappa shape index (κ1) is 18.0. The zero-order valence-corrected chi connectivity index (χ0v) is 13.1. The van der Waals surface area contributed by atoms with Gasteiger partial charge in [-0.15, -0.1) is 0 Å². The molecule has 1 saturated carbocycles. The molecular weight excluding hydrogens is 268 g/mol. The maximum atomic E-state index is 11.3. The Morgan fingerprint density at radius 1 is 0.524 bits per heavy atom. The van der Waals surface area contributed by atoms with Crippen LogP contribution < -0.4 is 0 Å². The lowest BCUT2D eigenvalue weighted by molar-refractivity contribution is -0.145. The first-order chi connectivity index (χ1) is 10.1. The summed E-state index contributed by atoms with van der Waals surface area (Å²) in [5.41, 5.74) is 0. The largest absolute Gasteiger partial charge is 0.481 e. The number of rotatable bonds is 2. The number of carboxylic acids is 2.